The Balaban J connectivity index is 2.09. The average Bonchev–Trinajstić information content (AvgIpc) is 3.04. The van der Waals surface area contributed by atoms with Crippen molar-refractivity contribution in [3.05, 3.63) is 59.0 Å². The lowest BCUT2D eigenvalue weighted by Gasteiger charge is -2.07. The van der Waals surface area contributed by atoms with Crippen LogP contribution in [0.1, 0.15) is 0 Å². The average molecular weight is 308 g/mol. The molecule has 0 radical (unpaired) electrons. The van der Waals surface area contributed by atoms with Crippen molar-refractivity contribution in [2.75, 3.05) is 7.11 Å². The van der Waals surface area contributed by atoms with Gasteiger partial charge in [-0.05, 0) is 24.3 Å². The summed E-state index contributed by atoms with van der Waals surface area (Å²) in [5, 5.41) is 10.7. The molecular weight excluding hydrogens is 296 g/mol. The van der Waals surface area contributed by atoms with Gasteiger partial charge in [0.05, 0.1) is 24.1 Å². The molecule has 2 aromatic heterocycles. The molecule has 0 unspecified atom stereocenters. The Kier molecular flexibility index (Phi) is 2.87. The van der Waals surface area contributed by atoms with Crippen LogP contribution in [-0.2, 0) is 0 Å². The van der Waals surface area contributed by atoms with Gasteiger partial charge in [-0.15, -0.1) is 0 Å². The number of furan rings is 1. The Hall–Kier alpha value is -3.21. The third-order valence-corrected chi connectivity index (χ3v) is 3.74. The molecule has 2 heterocycles. The Morgan fingerprint density at radius 2 is 1.91 bits per heavy atom. The van der Waals surface area contributed by atoms with Crippen LogP contribution in [0.15, 0.2) is 62.4 Å². The highest BCUT2D eigenvalue weighted by Crippen LogP contribution is 2.35. The Morgan fingerprint density at radius 3 is 2.70 bits per heavy atom. The van der Waals surface area contributed by atoms with E-state index in [0.29, 0.717) is 39.0 Å². The first-order valence-corrected chi connectivity index (χ1v) is 6.99. The first-order valence-electron chi connectivity index (χ1n) is 6.99. The lowest BCUT2D eigenvalue weighted by Crippen LogP contribution is -2.01. The second-order valence-electron chi connectivity index (χ2n) is 5.14. The molecule has 1 N–H and O–H groups in total. The van der Waals surface area contributed by atoms with E-state index < -0.39 is 0 Å². The van der Waals surface area contributed by atoms with Gasteiger partial charge in [0.2, 0.25) is 0 Å². The summed E-state index contributed by atoms with van der Waals surface area (Å²) in [5.41, 5.74) is 1.39. The maximum Gasteiger partial charge on any atom is 0.193 e. The number of hydrogen-bond acceptors (Lipinski definition) is 5. The number of benzene rings is 2. The second kappa shape index (κ2) is 4.91. The summed E-state index contributed by atoms with van der Waals surface area (Å²) in [6.07, 6.45) is 1.52. The van der Waals surface area contributed by atoms with Gasteiger partial charge in [-0.3, -0.25) is 4.79 Å². The quantitative estimate of drug-likeness (QED) is 0.607. The number of phenolic OH excluding ortho intramolecular Hbond substituents is 1. The molecule has 0 aliphatic carbocycles. The van der Waals surface area contributed by atoms with Crippen molar-refractivity contribution >= 4 is 21.9 Å². The summed E-state index contributed by atoms with van der Waals surface area (Å²) in [6, 6.07) is 11.3. The minimum Gasteiger partial charge on any atom is -0.508 e. The molecule has 0 bridgehead atoms. The molecule has 0 fully saturated rings. The lowest BCUT2D eigenvalue weighted by molar-refractivity contribution is 0.410. The molecule has 0 aliphatic heterocycles. The molecule has 0 saturated carbocycles. The van der Waals surface area contributed by atoms with Gasteiger partial charge in [0.25, 0.3) is 0 Å². The molecule has 0 atom stereocenters. The SMILES string of the molecule is COc1cc2c(=O)cc(-c3cccc(O)c3)oc2c2ccoc12. The van der Waals surface area contributed by atoms with Crippen LogP contribution in [0, 0.1) is 0 Å². The van der Waals surface area contributed by atoms with Crippen molar-refractivity contribution in [3.63, 3.8) is 0 Å². The number of methoxy groups -OCH3 is 1. The van der Waals surface area contributed by atoms with Gasteiger partial charge in [0.1, 0.15) is 17.1 Å². The van der Waals surface area contributed by atoms with Crippen LogP contribution >= 0.6 is 0 Å². The van der Waals surface area contributed by atoms with E-state index in [1.54, 1.807) is 36.4 Å². The van der Waals surface area contributed by atoms with Crippen molar-refractivity contribution in [2.24, 2.45) is 0 Å². The van der Waals surface area contributed by atoms with E-state index >= 15 is 0 Å². The molecule has 23 heavy (non-hydrogen) atoms. The monoisotopic (exact) mass is 308 g/mol. The minimum atomic E-state index is -0.189. The van der Waals surface area contributed by atoms with Crippen LogP contribution < -0.4 is 10.2 Å². The highest BCUT2D eigenvalue weighted by Gasteiger charge is 2.16. The zero-order valence-corrected chi connectivity index (χ0v) is 12.2. The maximum absolute atomic E-state index is 12.5. The van der Waals surface area contributed by atoms with E-state index in [9.17, 15) is 9.90 Å². The molecule has 2 aromatic carbocycles. The van der Waals surface area contributed by atoms with E-state index in [2.05, 4.69) is 0 Å². The number of aromatic hydroxyl groups is 1. The smallest absolute Gasteiger partial charge is 0.193 e. The van der Waals surface area contributed by atoms with Gasteiger partial charge in [0.15, 0.2) is 16.8 Å². The van der Waals surface area contributed by atoms with Crippen LogP contribution in [0.2, 0.25) is 0 Å². The highest BCUT2D eigenvalue weighted by atomic mass is 16.5. The van der Waals surface area contributed by atoms with Crippen LogP contribution in [0.5, 0.6) is 11.5 Å². The van der Waals surface area contributed by atoms with E-state index in [4.69, 9.17) is 13.6 Å². The summed E-state index contributed by atoms with van der Waals surface area (Å²) in [4.78, 5) is 12.5. The predicted octanol–water partition coefficient (Wildman–Crippen LogP) is 3.92. The summed E-state index contributed by atoms with van der Waals surface area (Å²) in [5.74, 6) is 0.967. The summed E-state index contributed by atoms with van der Waals surface area (Å²) >= 11 is 0. The van der Waals surface area contributed by atoms with Gasteiger partial charge < -0.3 is 18.7 Å². The zero-order valence-electron chi connectivity index (χ0n) is 12.2. The summed E-state index contributed by atoms with van der Waals surface area (Å²) in [6.45, 7) is 0. The molecular formula is C18H12O5. The normalized spacial score (nSPS) is 11.2. The van der Waals surface area contributed by atoms with Crippen LogP contribution in [0.3, 0.4) is 0 Å². The topological polar surface area (TPSA) is 72.8 Å². The number of rotatable bonds is 2. The van der Waals surface area contributed by atoms with E-state index in [1.807, 2.05) is 0 Å². The first-order chi connectivity index (χ1) is 11.2. The number of ether oxygens (including phenoxy) is 1. The summed E-state index contributed by atoms with van der Waals surface area (Å²) < 4.78 is 16.6. The molecule has 4 rings (SSSR count). The molecule has 0 spiro atoms. The standard InChI is InChI=1S/C18H12O5/c1-21-16-8-13-14(20)9-15(10-3-2-4-11(19)7-10)23-17(13)12-5-6-22-18(12)16/h2-9,19H,1H3. The van der Waals surface area contributed by atoms with Gasteiger partial charge in [-0.25, -0.2) is 0 Å². The van der Waals surface area contributed by atoms with E-state index in [0.717, 1.165) is 0 Å². The Morgan fingerprint density at radius 1 is 1.04 bits per heavy atom. The third-order valence-electron chi connectivity index (χ3n) is 3.74. The van der Waals surface area contributed by atoms with Crippen molar-refractivity contribution in [3.8, 4) is 22.8 Å². The number of fused-ring (bicyclic) bond motifs is 3. The lowest BCUT2D eigenvalue weighted by atomic mass is 10.1. The van der Waals surface area contributed by atoms with Crippen LogP contribution in [0.25, 0.3) is 33.3 Å². The largest absolute Gasteiger partial charge is 0.508 e. The highest BCUT2D eigenvalue weighted by molar-refractivity contribution is 6.05. The predicted molar refractivity (Wildman–Crippen MR) is 85.9 cm³/mol. The van der Waals surface area contributed by atoms with E-state index in [-0.39, 0.29) is 11.2 Å². The van der Waals surface area contributed by atoms with Gasteiger partial charge >= 0.3 is 0 Å². The fourth-order valence-corrected chi connectivity index (χ4v) is 2.67. The second-order valence-corrected chi connectivity index (χ2v) is 5.14. The van der Waals surface area contributed by atoms with Gasteiger partial charge in [-0.1, -0.05) is 12.1 Å². The minimum absolute atomic E-state index is 0.105. The fraction of sp³-hybridized carbons (Fsp3) is 0.0556. The van der Waals surface area contributed by atoms with Gasteiger partial charge in [0, 0.05) is 11.6 Å². The van der Waals surface area contributed by atoms with Crippen molar-refractivity contribution in [1.29, 1.82) is 0 Å². The molecule has 0 amide bonds. The van der Waals surface area contributed by atoms with Crippen molar-refractivity contribution in [2.45, 2.75) is 0 Å². The molecule has 114 valence electrons. The van der Waals surface area contributed by atoms with Gasteiger partial charge in [-0.2, -0.15) is 0 Å². The molecule has 5 nitrogen and oxygen atoms in total. The van der Waals surface area contributed by atoms with Crippen molar-refractivity contribution < 1.29 is 18.7 Å². The van der Waals surface area contributed by atoms with Crippen LogP contribution in [0.4, 0.5) is 0 Å². The third kappa shape index (κ3) is 2.05. The molecule has 5 heteroatoms. The Labute approximate surface area is 130 Å². The number of phenols is 1. The Bertz CT molecular complexity index is 1090. The zero-order chi connectivity index (χ0) is 16.0. The maximum atomic E-state index is 12.5. The summed E-state index contributed by atoms with van der Waals surface area (Å²) in [7, 11) is 1.52. The fourth-order valence-electron chi connectivity index (χ4n) is 2.67. The van der Waals surface area contributed by atoms with Crippen LogP contribution in [-0.4, -0.2) is 12.2 Å². The number of hydrogen-bond donors (Lipinski definition) is 1. The van der Waals surface area contributed by atoms with Crippen molar-refractivity contribution in [1.82, 2.24) is 0 Å². The molecule has 4 aromatic rings. The molecule has 0 saturated heterocycles. The van der Waals surface area contributed by atoms with E-state index in [1.165, 1.54) is 19.4 Å². The first kappa shape index (κ1) is 13.5. The molecule has 0 aliphatic rings.